The number of ether oxygens (including phenoxy) is 1. The molecule has 0 spiro atoms. The normalized spacial score (nSPS) is 12.6. The van der Waals surface area contributed by atoms with Gasteiger partial charge in [-0.05, 0) is 20.7 Å². The minimum Gasteiger partial charge on any atom is -0.456 e. The first-order valence-electron chi connectivity index (χ1n) is 4.51. The van der Waals surface area contributed by atoms with E-state index >= 15 is 0 Å². The molecule has 3 rings (SSSR count). The Morgan fingerprint density at radius 3 is 1.79 bits per heavy atom. The van der Waals surface area contributed by atoms with Crippen LogP contribution in [-0.2, 0) is 0 Å². The lowest BCUT2D eigenvalue weighted by Crippen LogP contribution is -2.14. The van der Waals surface area contributed by atoms with Crippen molar-refractivity contribution in [1.82, 2.24) is 0 Å². The second-order valence-corrected chi connectivity index (χ2v) is 4.34. The number of hydrogen-bond donors (Lipinski definition) is 0. The molecule has 2 aromatic rings. The molecule has 0 amide bonds. The molecule has 0 unspecified atom stereocenters. The van der Waals surface area contributed by atoms with Gasteiger partial charge in [0.15, 0.2) is 0 Å². The molecule has 0 atom stereocenters. The minimum absolute atomic E-state index is 0.980. The van der Waals surface area contributed by atoms with Crippen molar-refractivity contribution in [3.8, 4) is 11.5 Å². The van der Waals surface area contributed by atoms with Crippen LogP contribution in [0.25, 0.3) is 0 Å². The van der Waals surface area contributed by atoms with E-state index < -0.39 is 0 Å². The molecule has 1 nitrogen and oxygen atoms in total. The standard InChI is InChI=1S/C12H8OP/c1-3-7-11-9(5-1)13-10-6-2-4-8-12(10)14-11/h1-8H. The molecule has 67 valence electrons. The van der Waals surface area contributed by atoms with Gasteiger partial charge in [0.05, 0.1) is 0 Å². The monoisotopic (exact) mass is 199 g/mol. The summed E-state index contributed by atoms with van der Waals surface area (Å²) in [5.41, 5.74) is 0. The summed E-state index contributed by atoms with van der Waals surface area (Å²) in [6, 6.07) is 16.3. The van der Waals surface area contributed by atoms with E-state index in [4.69, 9.17) is 4.74 Å². The highest BCUT2D eigenvalue weighted by atomic mass is 31.1. The van der Waals surface area contributed by atoms with Crippen LogP contribution in [0, 0.1) is 0 Å². The molecule has 1 aliphatic heterocycles. The van der Waals surface area contributed by atoms with E-state index in [1.807, 2.05) is 36.4 Å². The van der Waals surface area contributed by atoms with Crippen LogP contribution in [0.1, 0.15) is 0 Å². The first-order valence-corrected chi connectivity index (χ1v) is 5.40. The Hall–Kier alpha value is -1.33. The number of benzene rings is 2. The molecule has 14 heavy (non-hydrogen) atoms. The molecule has 0 saturated carbocycles. The molecule has 1 aliphatic rings. The molecule has 2 aromatic carbocycles. The topological polar surface area (TPSA) is 9.23 Å². The zero-order valence-electron chi connectivity index (χ0n) is 7.47. The largest absolute Gasteiger partial charge is 0.456 e. The average molecular weight is 199 g/mol. The Balaban J connectivity index is 2.12. The predicted octanol–water partition coefficient (Wildman–Crippen LogP) is 2.69. The summed E-state index contributed by atoms with van der Waals surface area (Å²) in [6.07, 6.45) is 0. The smallest absolute Gasteiger partial charge is 0.135 e. The van der Waals surface area contributed by atoms with E-state index in [-0.39, 0.29) is 0 Å². The fourth-order valence-electron chi connectivity index (χ4n) is 1.52. The summed E-state index contributed by atoms with van der Waals surface area (Å²) in [7, 11) is 1.24. The summed E-state index contributed by atoms with van der Waals surface area (Å²) in [6.45, 7) is 0. The first kappa shape index (κ1) is 8.02. The van der Waals surface area contributed by atoms with Crippen LogP contribution in [0.4, 0.5) is 0 Å². The van der Waals surface area contributed by atoms with Gasteiger partial charge in [-0.15, -0.1) is 0 Å². The third kappa shape index (κ3) is 1.21. The molecule has 2 heteroatoms. The number of para-hydroxylation sites is 2. The van der Waals surface area contributed by atoms with Gasteiger partial charge in [0, 0.05) is 10.6 Å². The SMILES string of the molecule is c1ccc2c(c1)Oc1ccccc1[P]2. The van der Waals surface area contributed by atoms with Gasteiger partial charge in [-0.2, -0.15) is 0 Å². The number of fused-ring (bicyclic) bond motifs is 2. The highest BCUT2D eigenvalue weighted by Gasteiger charge is 2.15. The molecular formula is C12H8OP. The first-order chi connectivity index (χ1) is 6.93. The van der Waals surface area contributed by atoms with E-state index in [1.165, 1.54) is 19.2 Å². The van der Waals surface area contributed by atoms with Crippen molar-refractivity contribution in [2.24, 2.45) is 0 Å². The lowest BCUT2D eigenvalue weighted by molar-refractivity contribution is 0.489. The lowest BCUT2D eigenvalue weighted by Gasteiger charge is -2.18. The van der Waals surface area contributed by atoms with Crippen LogP contribution >= 0.6 is 8.58 Å². The minimum atomic E-state index is 0.980. The maximum absolute atomic E-state index is 5.77. The van der Waals surface area contributed by atoms with Crippen LogP contribution in [0.2, 0.25) is 0 Å². The third-order valence-corrected chi connectivity index (χ3v) is 3.41. The van der Waals surface area contributed by atoms with Gasteiger partial charge in [-0.25, -0.2) is 0 Å². The summed E-state index contributed by atoms with van der Waals surface area (Å²) >= 11 is 0. The number of hydrogen-bond acceptors (Lipinski definition) is 1. The maximum atomic E-state index is 5.77. The van der Waals surface area contributed by atoms with Gasteiger partial charge in [-0.3, -0.25) is 0 Å². The van der Waals surface area contributed by atoms with E-state index in [0.717, 1.165) is 11.5 Å². The molecule has 0 aliphatic carbocycles. The molecule has 0 saturated heterocycles. The Kier molecular flexibility index (Phi) is 1.78. The second kappa shape index (κ2) is 3.11. The molecule has 1 heterocycles. The number of rotatable bonds is 0. The average Bonchev–Trinajstić information content (AvgIpc) is 2.26. The van der Waals surface area contributed by atoms with Crippen molar-refractivity contribution in [3.63, 3.8) is 0 Å². The van der Waals surface area contributed by atoms with Crippen molar-refractivity contribution in [3.05, 3.63) is 48.5 Å². The van der Waals surface area contributed by atoms with Crippen LogP contribution in [0.5, 0.6) is 11.5 Å². The Morgan fingerprint density at radius 1 is 0.714 bits per heavy atom. The van der Waals surface area contributed by atoms with Crippen molar-refractivity contribution in [1.29, 1.82) is 0 Å². The van der Waals surface area contributed by atoms with E-state index in [2.05, 4.69) is 12.1 Å². The van der Waals surface area contributed by atoms with Gasteiger partial charge in [0.25, 0.3) is 0 Å². The van der Waals surface area contributed by atoms with Crippen molar-refractivity contribution in [2.75, 3.05) is 0 Å². The third-order valence-electron chi connectivity index (χ3n) is 2.19. The summed E-state index contributed by atoms with van der Waals surface area (Å²) in [5, 5.41) is 2.48. The summed E-state index contributed by atoms with van der Waals surface area (Å²) < 4.78 is 5.77. The predicted molar refractivity (Wildman–Crippen MR) is 59.1 cm³/mol. The highest BCUT2D eigenvalue weighted by molar-refractivity contribution is 7.56. The fourth-order valence-corrected chi connectivity index (χ4v) is 2.56. The summed E-state index contributed by atoms with van der Waals surface area (Å²) in [5.74, 6) is 1.96. The van der Waals surface area contributed by atoms with E-state index in [0.29, 0.717) is 0 Å². The Bertz CT molecular complexity index is 392. The fraction of sp³-hybridized carbons (Fsp3) is 0. The Morgan fingerprint density at radius 2 is 1.21 bits per heavy atom. The zero-order chi connectivity index (χ0) is 9.38. The molecule has 0 aromatic heterocycles. The van der Waals surface area contributed by atoms with Gasteiger partial charge < -0.3 is 4.74 Å². The molecule has 0 fully saturated rings. The van der Waals surface area contributed by atoms with Gasteiger partial charge in [0.1, 0.15) is 11.5 Å². The van der Waals surface area contributed by atoms with Crippen molar-refractivity contribution >= 4 is 19.2 Å². The van der Waals surface area contributed by atoms with E-state index in [9.17, 15) is 0 Å². The quantitative estimate of drug-likeness (QED) is 0.506. The summed E-state index contributed by atoms with van der Waals surface area (Å²) in [4.78, 5) is 0. The van der Waals surface area contributed by atoms with Crippen molar-refractivity contribution in [2.45, 2.75) is 0 Å². The zero-order valence-corrected chi connectivity index (χ0v) is 8.37. The maximum Gasteiger partial charge on any atom is 0.135 e. The Labute approximate surface area is 84.5 Å². The molecule has 1 radical (unpaired) electrons. The van der Waals surface area contributed by atoms with E-state index in [1.54, 1.807) is 0 Å². The van der Waals surface area contributed by atoms with Gasteiger partial charge in [-0.1, -0.05) is 36.4 Å². The lowest BCUT2D eigenvalue weighted by atomic mass is 10.3. The molecule has 0 N–H and O–H groups in total. The van der Waals surface area contributed by atoms with Crippen LogP contribution in [-0.4, -0.2) is 0 Å². The molecule has 0 bridgehead atoms. The molecular weight excluding hydrogens is 191 g/mol. The second-order valence-electron chi connectivity index (χ2n) is 3.15. The van der Waals surface area contributed by atoms with Crippen LogP contribution < -0.4 is 15.3 Å². The van der Waals surface area contributed by atoms with Crippen LogP contribution in [0.15, 0.2) is 48.5 Å². The van der Waals surface area contributed by atoms with Crippen LogP contribution in [0.3, 0.4) is 0 Å². The van der Waals surface area contributed by atoms with Gasteiger partial charge in [0.2, 0.25) is 0 Å². The van der Waals surface area contributed by atoms with Gasteiger partial charge >= 0.3 is 0 Å². The highest BCUT2D eigenvalue weighted by Crippen LogP contribution is 2.31. The van der Waals surface area contributed by atoms with Crippen molar-refractivity contribution < 1.29 is 4.74 Å².